The first-order chi connectivity index (χ1) is 25.5. The number of hydrogen-bond donors (Lipinski definition) is 4. The quantitative estimate of drug-likeness (QED) is 0.117. The molecule has 4 N–H and O–H groups in total. The Morgan fingerprint density at radius 2 is 1.07 bits per heavy atom. The molecule has 0 aromatic carbocycles. The fraction of sp³-hybridized carbons (Fsp3) is 0.850. The molecule has 0 bridgehead atoms. The summed E-state index contributed by atoms with van der Waals surface area (Å²) in [5.74, 6) is -1.14. The van der Waals surface area contributed by atoms with E-state index >= 15 is 0 Å². The lowest BCUT2D eigenvalue weighted by Gasteiger charge is -2.33. The van der Waals surface area contributed by atoms with Crippen LogP contribution in [0.3, 0.4) is 0 Å². The van der Waals surface area contributed by atoms with Crippen LogP contribution in [0.25, 0.3) is 0 Å². The number of nitrogens with zero attached hydrogens (tertiary/aromatic N) is 1. The van der Waals surface area contributed by atoms with Crippen molar-refractivity contribution in [3.05, 3.63) is 0 Å². The van der Waals surface area contributed by atoms with Crippen molar-refractivity contribution in [1.29, 1.82) is 0 Å². The van der Waals surface area contributed by atoms with E-state index in [2.05, 4.69) is 20.7 Å². The van der Waals surface area contributed by atoms with Gasteiger partial charge in [0, 0.05) is 6.54 Å². The zero-order valence-electron chi connectivity index (χ0n) is 35.8. The van der Waals surface area contributed by atoms with Gasteiger partial charge in [-0.25, -0.2) is 14.4 Å². The summed E-state index contributed by atoms with van der Waals surface area (Å²) < 4.78 is 19.5. The lowest BCUT2D eigenvalue weighted by atomic mass is 9.88. The Morgan fingerprint density at radius 1 is 0.655 bits per heavy atom. The number of amides is 3. The second-order valence-electron chi connectivity index (χ2n) is 17.1. The third-order valence-electron chi connectivity index (χ3n) is 8.93. The van der Waals surface area contributed by atoms with Crippen molar-refractivity contribution in [3.63, 3.8) is 0 Å². The summed E-state index contributed by atoms with van der Waals surface area (Å²) in [5.41, 5.74) is -1.27. The number of alkyl carbamates (subject to hydrolysis) is 2. The Labute approximate surface area is 330 Å². The van der Waals surface area contributed by atoms with Gasteiger partial charge in [-0.3, -0.25) is 14.4 Å². The number of esters is 2. The molecule has 2 aliphatic rings. The van der Waals surface area contributed by atoms with Gasteiger partial charge in [0.1, 0.15) is 29.8 Å². The van der Waals surface area contributed by atoms with Crippen LogP contribution in [0.4, 0.5) is 9.59 Å². The second kappa shape index (κ2) is 26.3. The number of methoxy groups -OCH3 is 2. The predicted molar refractivity (Wildman–Crippen MR) is 210 cm³/mol. The Kier molecular flexibility index (Phi) is 24.5. The third kappa shape index (κ3) is 25.2. The molecule has 15 heteroatoms. The molecule has 320 valence electrons. The van der Waals surface area contributed by atoms with E-state index in [0.29, 0.717) is 19.0 Å². The standard InChI is InChI=1S/C20H36N2O5.C10H19NO4.C10H19NO2/c1-14(2)17(21-19(25)27-20(3,4)5)18(24)22(13-16(23)26-6)12-15-10-8-7-9-11-15;1-6(2)7(8(12)13)11-9(14)15-10(3,4)5;1-13-10(12)8-11-7-9-5-3-2-4-6-9/h14-15,17H,7-13H2,1-6H3,(H,21,25);6-7H,1-5H3,(H,11,14)(H,12,13);9,11H,2-8H2,1H3/t17-;7-;/m00./s1. The Bertz CT molecular complexity index is 1170. The maximum atomic E-state index is 13.2. The number of hydrogen-bond acceptors (Lipinski definition) is 11. The fourth-order valence-corrected chi connectivity index (χ4v) is 6.07. The third-order valence-corrected chi connectivity index (χ3v) is 8.93. The van der Waals surface area contributed by atoms with Crippen LogP contribution in [0, 0.1) is 23.7 Å². The molecule has 2 aliphatic carbocycles. The molecule has 0 aromatic rings. The minimum absolute atomic E-state index is 0.106. The summed E-state index contributed by atoms with van der Waals surface area (Å²) in [5, 5.41) is 16.9. The topological polar surface area (TPSA) is 199 Å². The van der Waals surface area contributed by atoms with Gasteiger partial charge in [0.15, 0.2) is 0 Å². The zero-order valence-corrected chi connectivity index (χ0v) is 35.8. The Balaban J connectivity index is 0.000000877. The molecule has 0 aromatic heterocycles. The van der Waals surface area contributed by atoms with Crippen molar-refractivity contribution in [2.45, 2.75) is 157 Å². The lowest BCUT2D eigenvalue weighted by molar-refractivity contribution is -0.148. The van der Waals surface area contributed by atoms with E-state index < -0.39 is 47.4 Å². The van der Waals surface area contributed by atoms with Gasteiger partial charge >= 0.3 is 30.1 Å². The van der Waals surface area contributed by atoms with Gasteiger partial charge in [-0.15, -0.1) is 0 Å². The van der Waals surface area contributed by atoms with Crippen LogP contribution >= 0.6 is 0 Å². The van der Waals surface area contributed by atoms with Crippen LogP contribution < -0.4 is 16.0 Å². The smallest absolute Gasteiger partial charge is 0.408 e. The normalized spacial score (nSPS) is 16.2. The van der Waals surface area contributed by atoms with Crippen LogP contribution in [0.1, 0.15) is 133 Å². The van der Waals surface area contributed by atoms with Crippen molar-refractivity contribution >= 4 is 36.0 Å². The Hall–Kier alpha value is -3.62. The van der Waals surface area contributed by atoms with E-state index in [0.717, 1.165) is 38.1 Å². The fourth-order valence-electron chi connectivity index (χ4n) is 6.07. The largest absolute Gasteiger partial charge is 0.480 e. The van der Waals surface area contributed by atoms with Gasteiger partial charge in [0.2, 0.25) is 5.91 Å². The first kappa shape index (κ1) is 51.4. The number of carboxylic acid groups (broad SMARTS) is 1. The highest BCUT2D eigenvalue weighted by Crippen LogP contribution is 2.25. The molecule has 2 rings (SSSR count). The summed E-state index contributed by atoms with van der Waals surface area (Å²) in [6, 6.07) is -1.67. The van der Waals surface area contributed by atoms with Crippen LogP contribution in [0.2, 0.25) is 0 Å². The number of ether oxygens (including phenoxy) is 4. The Morgan fingerprint density at radius 3 is 1.45 bits per heavy atom. The molecule has 55 heavy (non-hydrogen) atoms. The molecule has 2 fully saturated rings. The number of nitrogens with one attached hydrogen (secondary N) is 3. The van der Waals surface area contributed by atoms with Gasteiger partial charge in [-0.05, 0) is 97.4 Å². The summed E-state index contributed by atoms with van der Waals surface area (Å²) in [4.78, 5) is 71.5. The number of rotatable bonds is 14. The first-order valence-electron chi connectivity index (χ1n) is 19.8. The molecule has 0 radical (unpaired) electrons. The SMILES string of the molecule is CC(C)[C@H](NC(=O)OC(C)(C)C)C(=O)O.COC(=O)CN(CC1CCCCC1)C(=O)[C@@H](NC(=O)OC(C)(C)C)C(C)C.COC(=O)CNCC1CCCCC1. The van der Waals surface area contributed by atoms with Crippen molar-refractivity contribution in [2.75, 3.05) is 40.4 Å². The van der Waals surface area contributed by atoms with Gasteiger partial charge in [0.25, 0.3) is 0 Å². The maximum Gasteiger partial charge on any atom is 0.408 e. The minimum atomic E-state index is -1.06. The lowest BCUT2D eigenvalue weighted by Crippen LogP contribution is -2.54. The summed E-state index contributed by atoms with van der Waals surface area (Å²) in [6.07, 6.45) is 11.0. The molecule has 0 saturated heterocycles. The average Bonchev–Trinajstić information content (AvgIpc) is 3.08. The monoisotopic (exact) mass is 787 g/mol. The van der Waals surface area contributed by atoms with E-state index in [1.165, 1.54) is 57.6 Å². The minimum Gasteiger partial charge on any atom is -0.480 e. The molecule has 3 amide bonds. The number of carbonyl (C=O) groups excluding carboxylic acids is 5. The summed E-state index contributed by atoms with van der Waals surface area (Å²) in [7, 11) is 2.73. The molecular formula is C40H74N4O11. The highest BCUT2D eigenvalue weighted by Gasteiger charge is 2.33. The van der Waals surface area contributed by atoms with Gasteiger partial charge in [-0.2, -0.15) is 0 Å². The van der Waals surface area contributed by atoms with Crippen LogP contribution in [-0.4, -0.2) is 110 Å². The zero-order chi connectivity index (χ0) is 42.4. The van der Waals surface area contributed by atoms with Crippen molar-refractivity contribution in [3.8, 4) is 0 Å². The van der Waals surface area contributed by atoms with Crippen LogP contribution in [0.5, 0.6) is 0 Å². The van der Waals surface area contributed by atoms with Crippen LogP contribution in [0.15, 0.2) is 0 Å². The van der Waals surface area contributed by atoms with Crippen molar-refractivity contribution in [1.82, 2.24) is 20.9 Å². The maximum absolute atomic E-state index is 13.2. The van der Waals surface area contributed by atoms with E-state index in [-0.39, 0.29) is 30.3 Å². The van der Waals surface area contributed by atoms with Crippen molar-refractivity contribution < 1.29 is 52.8 Å². The van der Waals surface area contributed by atoms with Crippen LogP contribution in [-0.2, 0) is 38.1 Å². The van der Waals surface area contributed by atoms with E-state index in [1.807, 2.05) is 13.8 Å². The summed E-state index contributed by atoms with van der Waals surface area (Å²) in [6.45, 7) is 19.3. The van der Waals surface area contributed by atoms with Gasteiger partial charge < -0.3 is 44.9 Å². The molecular weight excluding hydrogens is 712 g/mol. The molecule has 2 atom stereocenters. The number of aliphatic carboxylic acids is 1. The highest BCUT2D eigenvalue weighted by molar-refractivity contribution is 5.88. The highest BCUT2D eigenvalue weighted by atomic mass is 16.6. The molecule has 0 unspecified atom stereocenters. The van der Waals surface area contributed by atoms with Gasteiger partial charge in [-0.1, -0.05) is 66.2 Å². The second-order valence-corrected chi connectivity index (χ2v) is 17.1. The first-order valence-corrected chi connectivity index (χ1v) is 19.8. The average molecular weight is 787 g/mol. The van der Waals surface area contributed by atoms with Crippen molar-refractivity contribution in [2.24, 2.45) is 23.7 Å². The molecule has 2 saturated carbocycles. The van der Waals surface area contributed by atoms with E-state index in [4.69, 9.17) is 19.3 Å². The predicted octanol–water partition coefficient (Wildman–Crippen LogP) is 6.07. The van der Waals surface area contributed by atoms with E-state index in [1.54, 1.807) is 55.4 Å². The molecule has 15 nitrogen and oxygen atoms in total. The summed E-state index contributed by atoms with van der Waals surface area (Å²) >= 11 is 0. The molecule has 0 spiro atoms. The van der Waals surface area contributed by atoms with E-state index in [9.17, 15) is 28.8 Å². The molecule has 0 aliphatic heterocycles. The number of carboxylic acids is 1. The number of carbonyl (C=O) groups is 6. The molecule has 0 heterocycles. The van der Waals surface area contributed by atoms with Gasteiger partial charge in [0.05, 0.1) is 20.8 Å².